The zero-order valence-corrected chi connectivity index (χ0v) is 16.3. The van der Waals surface area contributed by atoms with Crippen molar-refractivity contribution in [3.05, 3.63) is 0 Å². The van der Waals surface area contributed by atoms with Crippen LogP contribution in [0.4, 0.5) is 0 Å². The van der Waals surface area contributed by atoms with Crippen LogP contribution < -0.4 is 0 Å². The number of likely N-dealkylation sites (tertiary alicyclic amines) is 1. The Kier molecular flexibility index (Phi) is 6.95. The predicted molar refractivity (Wildman–Crippen MR) is 95.8 cm³/mol. The third kappa shape index (κ3) is 4.49. The minimum absolute atomic E-state index is 0.229. The Hall–Kier alpha value is -0.530. The van der Waals surface area contributed by atoms with Crippen LogP contribution in [0.15, 0.2) is 0 Å². The van der Waals surface area contributed by atoms with Crippen LogP contribution in [0.3, 0.4) is 0 Å². The molecule has 130 valence electrons. The summed E-state index contributed by atoms with van der Waals surface area (Å²) < 4.78 is 0. The molecule has 1 heterocycles. The molecular weight excluding hydrogens is 270 g/mol. The standard InChI is InChI=1S/C20H39NO/c1-14(2)10-9-11-17-18(20(7,8)15(3)4)12-13-21(16(5)6)19(17)22/h14-18H,9-13H2,1-8H3. The van der Waals surface area contributed by atoms with Crippen LogP contribution in [0.2, 0.25) is 0 Å². The van der Waals surface area contributed by atoms with Gasteiger partial charge in [0.25, 0.3) is 0 Å². The summed E-state index contributed by atoms with van der Waals surface area (Å²) in [6.45, 7) is 19.2. The lowest BCUT2D eigenvalue weighted by Crippen LogP contribution is -2.52. The van der Waals surface area contributed by atoms with Crippen LogP contribution in [-0.2, 0) is 4.79 Å². The molecule has 22 heavy (non-hydrogen) atoms. The lowest BCUT2D eigenvalue weighted by molar-refractivity contribution is -0.148. The minimum atomic E-state index is 0.229. The lowest BCUT2D eigenvalue weighted by atomic mass is 9.62. The highest BCUT2D eigenvalue weighted by Gasteiger charge is 2.45. The SMILES string of the molecule is CC(C)CCCC1C(=O)N(C(C)C)CCC1C(C)(C)C(C)C. The first-order chi connectivity index (χ1) is 10.1. The average molecular weight is 310 g/mol. The molecule has 2 nitrogen and oxygen atoms in total. The zero-order valence-electron chi connectivity index (χ0n) is 16.3. The quantitative estimate of drug-likeness (QED) is 0.619. The molecule has 1 amide bonds. The molecule has 0 aliphatic carbocycles. The van der Waals surface area contributed by atoms with Gasteiger partial charge in [-0.2, -0.15) is 0 Å². The molecule has 1 fully saturated rings. The van der Waals surface area contributed by atoms with Gasteiger partial charge in [-0.15, -0.1) is 0 Å². The molecule has 1 saturated heterocycles. The number of hydrogen-bond acceptors (Lipinski definition) is 1. The molecule has 0 bridgehead atoms. The van der Waals surface area contributed by atoms with Crippen molar-refractivity contribution in [2.75, 3.05) is 6.54 Å². The van der Waals surface area contributed by atoms with Crippen LogP contribution in [0.1, 0.15) is 81.1 Å². The van der Waals surface area contributed by atoms with E-state index in [2.05, 4.69) is 60.3 Å². The summed E-state index contributed by atoms with van der Waals surface area (Å²) in [5, 5.41) is 0. The Labute approximate surface area is 139 Å². The van der Waals surface area contributed by atoms with Crippen molar-refractivity contribution >= 4 is 5.91 Å². The first-order valence-electron chi connectivity index (χ1n) is 9.39. The van der Waals surface area contributed by atoms with Crippen LogP contribution in [-0.4, -0.2) is 23.4 Å². The van der Waals surface area contributed by atoms with Gasteiger partial charge in [0.1, 0.15) is 0 Å². The van der Waals surface area contributed by atoms with Crippen molar-refractivity contribution in [3.8, 4) is 0 Å². The van der Waals surface area contributed by atoms with Crippen molar-refractivity contribution in [3.63, 3.8) is 0 Å². The number of hydrogen-bond donors (Lipinski definition) is 0. The van der Waals surface area contributed by atoms with E-state index in [1.54, 1.807) is 0 Å². The average Bonchev–Trinajstić information content (AvgIpc) is 2.39. The smallest absolute Gasteiger partial charge is 0.226 e. The first-order valence-corrected chi connectivity index (χ1v) is 9.39. The van der Waals surface area contributed by atoms with Gasteiger partial charge in [-0.1, -0.05) is 54.4 Å². The molecular formula is C20H39NO. The molecule has 0 aromatic rings. The third-order valence-electron chi connectivity index (χ3n) is 6.13. The second-order valence-corrected chi connectivity index (χ2v) is 8.93. The van der Waals surface area contributed by atoms with Crippen molar-refractivity contribution in [2.24, 2.45) is 29.1 Å². The van der Waals surface area contributed by atoms with Gasteiger partial charge in [0.05, 0.1) is 0 Å². The molecule has 0 spiro atoms. The van der Waals surface area contributed by atoms with Gasteiger partial charge in [-0.05, 0) is 49.9 Å². The van der Waals surface area contributed by atoms with Gasteiger partial charge >= 0.3 is 0 Å². The number of rotatable bonds is 7. The molecule has 0 aromatic heterocycles. The largest absolute Gasteiger partial charge is 0.340 e. The highest BCUT2D eigenvalue weighted by molar-refractivity contribution is 5.80. The molecule has 2 heteroatoms. The van der Waals surface area contributed by atoms with Gasteiger partial charge in [0.2, 0.25) is 5.91 Å². The second-order valence-electron chi connectivity index (χ2n) is 8.93. The fourth-order valence-corrected chi connectivity index (χ4v) is 3.88. The van der Waals surface area contributed by atoms with E-state index in [1.807, 2.05) is 0 Å². The number of carbonyl (C=O) groups is 1. The van der Waals surface area contributed by atoms with E-state index in [1.165, 1.54) is 19.3 Å². The Balaban J connectivity index is 2.92. The van der Waals surface area contributed by atoms with E-state index in [-0.39, 0.29) is 11.3 Å². The van der Waals surface area contributed by atoms with Crippen molar-refractivity contribution in [2.45, 2.75) is 87.1 Å². The molecule has 2 atom stereocenters. The monoisotopic (exact) mass is 309 g/mol. The first kappa shape index (κ1) is 19.5. The maximum absolute atomic E-state index is 13.0. The number of nitrogens with zero attached hydrogens (tertiary/aromatic N) is 1. The molecule has 0 radical (unpaired) electrons. The summed E-state index contributed by atoms with van der Waals surface area (Å²) in [6, 6.07) is 0.336. The van der Waals surface area contributed by atoms with Gasteiger partial charge in [0.15, 0.2) is 0 Å². The van der Waals surface area contributed by atoms with E-state index >= 15 is 0 Å². The maximum atomic E-state index is 13.0. The van der Waals surface area contributed by atoms with E-state index in [9.17, 15) is 4.79 Å². The molecule has 1 rings (SSSR count). The maximum Gasteiger partial charge on any atom is 0.226 e. The van der Waals surface area contributed by atoms with Gasteiger partial charge in [-0.3, -0.25) is 4.79 Å². The normalized spacial score (nSPS) is 24.0. The van der Waals surface area contributed by atoms with Crippen LogP contribution in [0, 0.1) is 29.1 Å². The molecule has 0 aromatic carbocycles. The van der Waals surface area contributed by atoms with E-state index in [0.717, 1.165) is 18.9 Å². The second kappa shape index (κ2) is 7.84. The third-order valence-corrected chi connectivity index (χ3v) is 6.13. The summed E-state index contributed by atoms with van der Waals surface area (Å²) in [4.78, 5) is 15.2. The summed E-state index contributed by atoms with van der Waals surface area (Å²) >= 11 is 0. The Morgan fingerprint density at radius 2 is 1.73 bits per heavy atom. The fraction of sp³-hybridized carbons (Fsp3) is 0.950. The molecule has 2 unspecified atom stereocenters. The predicted octanol–water partition coefficient (Wildman–Crippen LogP) is 5.37. The summed E-state index contributed by atoms with van der Waals surface area (Å²) in [5.74, 6) is 2.53. The Bertz CT molecular complexity index is 357. The zero-order chi connectivity index (χ0) is 17.1. The number of piperidine rings is 1. The highest BCUT2D eigenvalue weighted by atomic mass is 16.2. The molecule has 0 saturated carbocycles. The van der Waals surface area contributed by atoms with Crippen LogP contribution in [0.25, 0.3) is 0 Å². The Morgan fingerprint density at radius 3 is 2.18 bits per heavy atom. The van der Waals surface area contributed by atoms with Gasteiger partial charge in [0, 0.05) is 18.5 Å². The summed E-state index contributed by atoms with van der Waals surface area (Å²) in [5.41, 5.74) is 0.237. The summed E-state index contributed by atoms with van der Waals surface area (Å²) in [7, 11) is 0. The van der Waals surface area contributed by atoms with Crippen molar-refractivity contribution in [1.29, 1.82) is 0 Å². The Morgan fingerprint density at radius 1 is 1.14 bits per heavy atom. The number of carbonyl (C=O) groups excluding carboxylic acids is 1. The van der Waals surface area contributed by atoms with Gasteiger partial charge < -0.3 is 4.90 Å². The van der Waals surface area contributed by atoms with E-state index in [4.69, 9.17) is 0 Å². The van der Waals surface area contributed by atoms with E-state index in [0.29, 0.717) is 23.8 Å². The van der Waals surface area contributed by atoms with E-state index < -0.39 is 0 Å². The van der Waals surface area contributed by atoms with Crippen LogP contribution >= 0.6 is 0 Å². The highest BCUT2D eigenvalue weighted by Crippen LogP contribution is 2.45. The molecule has 1 aliphatic rings. The molecule has 0 N–H and O–H groups in total. The fourth-order valence-electron chi connectivity index (χ4n) is 3.88. The topological polar surface area (TPSA) is 20.3 Å². The van der Waals surface area contributed by atoms with Crippen molar-refractivity contribution in [1.82, 2.24) is 4.90 Å². The number of amides is 1. The minimum Gasteiger partial charge on any atom is -0.340 e. The van der Waals surface area contributed by atoms with Gasteiger partial charge in [-0.25, -0.2) is 0 Å². The molecule has 1 aliphatic heterocycles. The van der Waals surface area contributed by atoms with Crippen LogP contribution in [0.5, 0.6) is 0 Å². The van der Waals surface area contributed by atoms with Crippen molar-refractivity contribution < 1.29 is 4.79 Å². The summed E-state index contributed by atoms with van der Waals surface area (Å²) in [6.07, 6.45) is 4.66. The lowest BCUT2D eigenvalue weighted by Gasteiger charge is -2.48.